The number of aromatic carboxylic acids is 1. The van der Waals surface area contributed by atoms with Gasteiger partial charge < -0.3 is 10.4 Å². The highest BCUT2D eigenvalue weighted by Crippen LogP contribution is 2.28. The van der Waals surface area contributed by atoms with E-state index < -0.39 is 11.8 Å². The minimum absolute atomic E-state index is 0.00624. The van der Waals surface area contributed by atoms with Gasteiger partial charge in [-0.3, -0.25) is 4.79 Å². The molecule has 0 spiro atoms. The van der Waals surface area contributed by atoms with Gasteiger partial charge in [-0.15, -0.1) is 0 Å². The molecule has 5 heteroatoms. The standard InChI is InChI=1S/C18H16FNO3/c19-14-8-12(7-13(9-14)18(22)23)15-3-1-2-4-16(15)17(21)11-5-6-20-10-11/h1-4,7-9,11,20H,5-6,10H2,(H,22,23). The third-order valence-corrected chi connectivity index (χ3v) is 4.08. The molecule has 2 aromatic carbocycles. The second-order valence-corrected chi connectivity index (χ2v) is 5.63. The smallest absolute Gasteiger partial charge is 0.335 e. The summed E-state index contributed by atoms with van der Waals surface area (Å²) in [7, 11) is 0. The maximum absolute atomic E-state index is 13.7. The van der Waals surface area contributed by atoms with Crippen molar-refractivity contribution in [2.75, 3.05) is 13.1 Å². The molecule has 0 bridgehead atoms. The van der Waals surface area contributed by atoms with Gasteiger partial charge in [0.1, 0.15) is 5.82 Å². The summed E-state index contributed by atoms with van der Waals surface area (Å²) in [6.07, 6.45) is 0.774. The normalized spacial score (nSPS) is 17.2. The van der Waals surface area contributed by atoms with E-state index in [9.17, 15) is 14.0 Å². The first-order valence-corrected chi connectivity index (χ1v) is 7.44. The Bertz CT molecular complexity index is 767. The molecule has 0 amide bonds. The maximum Gasteiger partial charge on any atom is 0.335 e. The molecule has 0 radical (unpaired) electrons. The minimum Gasteiger partial charge on any atom is -0.478 e. The Kier molecular flexibility index (Phi) is 4.21. The van der Waals surface area contributed by atoms with Gasteiger partial charge in [0.05, 0.1) is 5.56 Å². The van der Waals surface area contributed by atoms with E-state index in [4.69, 9.17) is 5.11 Å². The minimum atomic E-state index is -1.20. The molecule has 1 fully saturated rings. The second-order valence-electron chi connectivity index (χ2n) is 5.63. The number of carbonyl (C=O) groups excluding carboxylic acids is 1. The highest BCUT2D eigenvalue weighted by molar-refractivity contribution is 6.04. The van der Waals surface area contributed by atoms with Crippen LogP contribution in [0.3, 0.4) is 0 Å². The molecule has 23 heavy (non-hydrogen) atoms. The molecular formula is C18H16FNO3. The summed E-state index contributed by atoms with van der Waals surface area (Å²) >= 11 is 0. The summed E-state index contributed by atoms with van der Waals surface area (Å²) in [5.41, 5.74) is 1.33. The van der Waals surface area contributed by atoms with Crippen molar-refractivity contribution in [2.24, 2.45) is 5.92 Å². The summed E-state index contributed by atoms with van der Waals surface area (Å²) in [6.45, 7) is 1.44. The molecular weight excluding hydrogens is 297 g/mol. The van der Waals surface area contributed by atoms with Gasteiger partial charge in [-0.1, -0.05) is 24.3 Å². The van der Waals surface area contributed by atoms with Gasteiger partial charge in [-0.2, -0.15) is 0 Å². The maximum atomic E-state index is 13.7. The van der Waals surface area contributed by atoms with E-state index in [2.05, 4.69) is 5.32 Å². The average Bonchev–Trinajstić information content (AvgIpc) is 3.08. The van der Waals surface area contributed by atoms with Crippen LogP contribution in [0.15, 0.2) is 42.5 Å². The van der Waals surface area contributed by atoms with Crippen LogP contribution in [0, 0.1) is 11.7 Å². The molecule has 1 heterocycles. The van der Waals surface area contributed by atoms with Gasteiger partial charge in [-0.05, 0) is 42.3 Å². The number of rotatable bonds is 4. The van der Waals surface area contributed by atoms with Crippen molar-refractivity contribution < 1.29 is 19.1 Å². The summed E-state index contributed by atoms with van der Waals surface area (Å²) in [6, 6.07) is 10.6. The Morgan fingerprint density at radius 3 is 2.65 bits per heavy atom. The van der Waals surface area contributed by atoms with E-state index in [1.54, 1.807) is 24.3 Å². The Hall–Kier alpha value is -2.53. The number of halogens is 1. The fraction of sp³-hybridized carbons (Fsp3) is 0.222. The molecule has 1 saturated heterocycles. The SMILES string of the molecule is O=C(O)c1cc(F)cc(-c2ccccc2C(=O)C2CCNC2)c1. The molecule has 1 atom stereocenters. The van der Waals surface area contributed by atoms with E-state index >= 15 is 0 Å². The molecule has 1 aliphatic rings. The van der Waals surface area contributed by atoms with Gasteiger partial charge in [0.15, 0.2) is 5.78 Å². The van der Waals surface area contributed by atoms with E-state index in [0.717, 1.165) is 19.0 Å². The van der Waals surface area contributed by atoms with Crippen molar-refractivity contribution in [1.29, 1.82) is 0 Å². The third kappa shape index (κ3) is 3.14. The lowest BCUT2D eigenvalue weighted by Crippen LogP contribution is -2.18. The van der Waals surface area contributed by atoms with Crippen molar-refractivity contribution in [3.05, 3.63) is 59.4 Å². The Morgan fingerprint density at radius 2 is 1.96 bits per heavy atom. The van der Waals surface area contributed by atoms with Crippen LogP contribution in [0.1, 0.15) is 27.1 Å². The Labute approximate surface area is 133 Å². The first-order chi connectivity index (χ1) is 11.1. The number of benzene rings is 2. The largest absolute Gasteiger partial charge is 0.478 e. The lowest BCUT2D eigenvalue weighted by molar-refractivity contribution is 0.0696. The molecule has 4 nitrogen and oxygen atoms in total. The number of nitrogens with one attached hydrogen (secondary N) is 1. The average molecular weight is 313 g/mol. The number of hydrogen-bond acceptors (Lipinski definition) is 3. The fourth-order valence-electron chi connectivity index (χ4n) is 2.92. The zero-order valence-electron chi connectivity index (χ0n) is 12.4. The first kappa shape index (κ1) is 15.4. The molecule has 0 aliphatic carbocycles. The lowest BCUT2D eigenvalue weighted by Gasteiger charge is -2.13. The van der Waals surface area contributed by atoms with Crippen molar-refractivity contribution in [3.63, 3.8) is 0 Å². The number of Topliss-reactive ketones (excluding diaryl/α,β-unsaturated/α-hetero) is 1. The van der Waals surface area contributed by atoms with Gasteiger partial charge in [0.2, 0.25) is 0 Å². The Morgan fingerprint density at radius 1 is 1.17 bits per heavy atom. The second kappa shape index (κ2) is 6.30. The Balaban J connectivity index is 2.07. The van der Waals surface area contributed by atoms with Gasteiger partial charge in [0, 0.05) is 18.0 Å². The summed E-state index contributed by atoms with van der Waals surface area (Å²) in [5.74, 6) is -1.92. The van der Waals surface area contributed by atoms with E-state index in [1.807, 2.05) is 0 Å². The van der Waals surface area contributed by atoms with Crippen molar-refractivity contribution in [1.82, 2.24) is 5.32 Å². The molecule has 3 rings (SSSR count). The van der Waals surface area contributed by atoms with Crippen molar-refractivity contribution in [3.8, 4) is 11.1 Å². The molecule has 118 valence electrons. The van der Waals surface area contributed by atoms with Crippen LogP contribution >= 0.6 is 0 Å². The number of ketones is 1. The summed E-state index contributed by atoms with van der Waals surface area (Å²) in [4.78, 5) is 23.8. The van der Waals surface area contributed by atoms with Gasteiger partial charge in [0.25, 0.3) is 0 Å². The van der Waals surface area contributed by atoms with Crippen LogP contribution in [0.4, 0.5) is 4.39 Å². The third-order valence-electron chi connectivity index (χ3n) is 4.08. The van der Waals surface area contributed by atoms with E-state index in [-0.39, 0.29) is 17.3 Å². The van der Waals surface area contributed by atoms with Crippen LogP contribution in [0.2, 0.25) is 0 Å². The quantitative estimate of drug-likeness (QED) is 0.852. The van der Waals surface area contributed by atoms with Crippen molar-refractivity contribution >= 4 is 11.8 Å². The predicted molar refractivity (Wildman–Crippen MR) is 84.1 cm³/mol. The highest BCUT2D eigenvalue weighted by atomic mass is 19.1. The molecule has 0 saturated carbocycles. The number of carboxylic acid groups (broad SMARTS) is 1. The number of carbonyl (C=O) groups is 2. The van der Waals surface area contributed by atoms with E-state index in [0.29, 0.717) is 23.2 Å². The van der Waals surface area contributed by atoms with Gasteiger partial charge >= 0.3 is 5.97 Å². The van der Waals surface area contributed by atoms with Crippen LogP contribution in [0.25, 0.3) is 11.1 Å². The zero-order chi connectivity index (χ0) is 16.4. The number of hydrogen-bond donors (Lipinski definition) is 2. The van der Waals surface area contributed by atoms with Gasteiger partial charge in [-0.25, -0.2) is 9.18 Å². The lowest BCUT2D eigenvalue weighted by atomic mass is 9.90. The topological polar surface area (TPSA) is 66.4 Å². The molecule has 2 N–H and O–H groups in total. The monoisotopic (exact) mass is 313 g/mol. The first-order valence-electron chi connectivity index (χ1n) is 7.44. The zero-order valence-corrected chi connectivity index (χ0v) is 12.4. The molecule has 2 aromatic rings. The molecule has 1 unspecified atom stereocenters. The summed E-state index contributed by atoms with van der Waals surface area (Å²) in [5, 5.41) is 12.2. The molecule has 1 aliphatic heterocycles. The van der Waals surface area contributed by atoms with Crippen LogP contribution < -0.4 is 5.32 Å². The van der Waals surface area contributed by atoms with Crippen molar-refractivity contribution in [2.45, 2.75) is 6.42 Å². The number of carboxylic acids is 1. The molecule has 0 aromatic heterocycles. The fourth-order valence-corrected chi connectivity index (χ4v) is 2.92. The van der Waals surface area contributed by atoms with Crippen LogP contribution in [-0.4, -0.2) is 29.9 Å². The highest BCUT2D eigenvalue weighted by Gasteiger charge is 2.25. The van der Waals surface area contributed by atoms with Crippen LogP contribution in [0.5, 0.6) is 0 Å². The summed E-state index contributed by atoms with van der Waals surface area (Å²) < 4.78 is 13.7. The van der Waals surface area contributed by atoms with E-state index in [1.165, 1.54) is 12.1 Å². The predicted octanol–water partition coefficient (Wildman–Crippen LogP) is 2.98. The van der Waals surface area contributed by atoms with Crippen LogP contribution in [-0.2, 0) is 0 Å².